The molecule has 0 aromatic heterocycles. The summed E-state index contributed by atoms with van der Waals surface area (Å²) in [6, 6.07) is 17.3. The fourth-order valence-corrected chi connectivity index (χ4v) is 3.43. The van der Waals surface area contributed by atoms with E-state index in [1.54, 1.807) is 7.11 Å². The number of amides is 1. The highest BCUT2D eigenvalue weighted by Gasteiger charge is 2.19. The summed E-state index contributed by atoms with van der Waals surface area (Å²) >= 11 is 0. The molecule has 1 N–H and O–H groups in total. The molecule has 146 valence electrons. The third-order valence-corrected chi connectivity index (χ3v) is 5.40. The highest BCUT2D eigenvalue weighted by molar-refractivity contribution is 7.88. The second-order valence-corrected chi connectivity index (χ2v) is 8.27. The van der Waals surface area contributed by atoms with Crippen LogP contribution in [0.5, 0.6) is 5.75 Å². The zero-order valence-corrected chi connectivity index (χ0v) is 16.5. The lowest BCUT2D eigenvalue weighted by molar-refractivity contribution is -0.121. The number of nitrogens with one attached hydrogen (secondary N) is 1. The van der Waals surface area contributed by atoms with Gasteiger partial charge in [0.15, 0.2) is 0 Å². The van der Waals surface area contributed by atoms with Crippen LogP contribution >= 0.6 is 0 Å². The average molecular weight is 391 g/mol. The van der Waals surface area contributed by atoms with Gasteiger partial charge < -0.3 is 10.1 Å². The number of carbonyl (C=O) groups is 1. The van der Waals surface area contributed by atoms with Crippen LogP contribution in [0.25, 0.3) is 0 Å². The number of rotatable bonds is 10. The second-order valence-electron chi connectivity index (χ2n) is 6.28. The Kier molecular flexibility index (Phi) is 7.82. The number of hydrogen-bond acceptors (Lipinski definition) is 4. The molecule has 6 nitrogen and oxygen atoms in total. The monoisotopic (exact) mass is 390 g/mol. The van der Waals surface area contributed by atoms with E-state index in [-0.39, 0.29) is 19.0 Å². The van der Waals surface area contributed by atoms with E-state index in [0.29, 0.717) is 19.4 Å². The SMILES string of the molecule is COc1cccc(CCN(CC(=O)NCCc2ccccc2)S(C)(=O)=O)c1. The van der Waals surface area contributed by atoms with Crippen LogP contribution in [-0.4, -0.2) is 51.6 Å². The number of nitrogens with zero attached hydrogens (tertiary/aromatic N) is 1. The van der Waals surface area contributed by atoms with E-state index in [9.17, 15) is 13.2 Å². The Balaban J connectivity index is 1.87. The molecule has 0 aliphatic rings. The van der Waals surface area contributed by atoms with Gasteiger partial charge in [-0.15, -0.1) is 0 Å². The zero-order chi connectivity index (χ0) is 19.7. The first kappa shape index (κ1) is 20.9. The van der Waals surface area contributed by atoms with E-state index in [1.807, 2.05) is 54.6 Å². The molecular formula is C20H26N2O4S. The maximum atomic E-state index is 12.2. The van der Waals surface area contributed by atoms with E-state index in [0.717, 1.165) is 23.1 Å². The highest BCUT2D eigenvalue weighted by atomic mass is 32.2. The van der Waals surface area contributed by atoms with Crippen LogP contribution in [-0.2, 0) is 27.7 Å². The topological polar surface area (TPSA) is 75.7 Å². The van der Waals surface area contributed by atoms with Crippen LogP contribution in [0.4, 0.5) is 0 Å². The van der Waals surface area contributed by atoms with Gasteiger partial charge in [-0.25, -0.2) is 8.42 Å². The van der Waals surface area contributed by atoms with E-state index < -0.39 is 10.0 Å². The molecule has 0 spiro atoms. The number of methoxy groups -OCH3 is 1. The van der Waals surface area contributed by atoms with Gasteiger partial charge >= 0.3 is 0 Å². The van der Waals surface area contributed by atoms with Gasteiger partial charge in [0.2, 0.25) is 15.9 Å². The van der Waals surface area contributed by atoms with Gasteiger partial charge in [0, 0.05) is 13.1 Å². The van der Waals surface area contributed by atoms with Crippen molar-refractivity contribution in [3.8, 4) is 5.75 Å². The number of benzene rings is 2. The summed E-state index contributed by atoms with van der Waals surface area (Å²) < 4.78 is 30.4. The third-order valence-electron chi connectivity index (χ3n) is 4.15. The van der Waals surface area contributed by atoms with Gasteiger partial charge in [-0.2, -0.15) is 4.31 Å². The van der Waals surface area contributed by atoms with Crippen LogP contribution in [0.3, 0.4) is 0 Å². The quantitative estimate of drug-likeness (QED) is 0.672. The number of ether oxygens (including phenoxy) is 1. The molecule has 0 unspecified atom stereocenters. The van der Waals surface area contributed by atoms with E-state index in [1.165, 1.54) is 4.31 Å². The smallest absolute Gasteiger partial charge is 0.235 e. The molecule has 0 heterocycles. The summed E-state index contributed by atoms with van der Waals surface area (Å²) in [5.41, 5.74) is 2.07. The molecule has 0 fully saturated rings. The number of hydrogen-bond donors (Lipinski definition) is 1. The van der Waals surface area contributed by atoms with Crippen LogP contribution in [0, 0.1) is 0 Å². The molecule has 0 atom stereocenters. The van der Waals surface area contributed by atoms with Crippen molar-refractivity contribution in [3.63, 3.8) is 0 Å². The average Bonchev–Trinajstić information content (AvgIpc) is 2.65. The van der Waals surface area contributed by atoms with Crippen molar-refractivity contribution < 1.29 is 17.9 Å². The summed E-state index contributed by atoms with van der Waals surface area (Å²) in [6.07, 6.45) is 2.33. The summed E-state index contributed by atoms with van der Waals surface area (Å²) in [6.45, 7) is 0.520. The van der Waals surface area contributed by atoms with E-state index in [4.69, 9.17) is 4.74 Å². The first-order valence-electron chi connectivity index (χ1n) is 8.77. The molecule has 0 bridgehead atoms. The van der Waals surface area contributed by atoms with Crippen LogP contribution in [0.1, 0.15) is 11.1 Å². The predicted octanol–water partition coefficient (Wildman–Crippen LogP) is 1.86. The lowest BCUT2D eigenvalue weighted by Crippen LogP contribution is -2.41. The van der Waals surface area contributed by atoms with E-state index >= 15 is 0 Å². The van der Waals surface area contributed by atoms with Crippen molar-refractivity contribution in [1.29, 1.82) is 0 Å². The molecule has 0 saturated heterocycles. The first-order chi connectivity index (χ1) is 12.9. The minimum atomic E-state index is -3.48. The largest absolute Gasteiger partial charge is 0.497 e. The summed E-state index contributed by atoms with van der Waals surface area (Å²) in [4.78, 5) is 12.2. The molecule has 7 heteroatoms. The Morgan fingerprint density at radius 1 is 1.04 bits per heavy atom. The summed E-state index contributed by atoms with van der Waals surface area (Å²) in [7, 11) is -1.90. The normalized spacial score (nSPS) is 11.4. The standard InChI is InChI=1S/C20H26N2O4S/c1-26-19-10-6-9-18(15-19)12-14-22(27(2,24)25)16-20(23)21-13-11-17-7-4-3-5-8-17/h3-10,15H,11-14,16H2,1-2H3,(H,21,23). The fourth-order valence-electron chi connectivity index (χ4n) is 2.65. The molecular weight excluding hydrogens is 364 g/mol. The Labute approximate surface area is 161 Å². The molecule has 0 saturated carbocycles. The lowest BCUT2D eigenvalue weighted by Gasteiger charge is -2.19. The van der Waals surface area contributed by atoms with Gasteiger partial charge in [-0.05, 0) is 36.1 Å². The molecule has 2 aromatic carbocycles. The number of carbonyl (C=O) groups excluding carboxylic acids is 1. The van der Waals surface area contributed by atoms with Crippen LogP contribution < -0.4 is 10.1 Å². The zero-order valence-electron chi connectivity index (χ0n) is 15.7. The first-order valence-corrected chi connectivity index (χ1v) is 10.6. The highest BCUT2D eigenvalue weighted by Crippen LogP contribution is 2.13. The van der Waals surface area contributed by atoms with Crippen LogP contribution in [0.15, 0.2) is 54.6 Å². The van der Waals surface area contributed by atoms with Gasteiger partial charge in [-0.3, -0.25) is 4.79 Å². The molecule has 0 aliphatic heterocycles. The van der Waals surface area contributed by atoms with E-state index in [2.05, 4.69) is 5.32 Å². The minimum absolute atomic E-state index is 0.183. The van der Waals surface area contributed by atoms with Crippen molar-refractivity contribution in [2.45, 2.75) is 12.8 Å². The summed E-state index contributed by atoms with van der Waals surface area (Å²) in [5, 5.41) is 2.79. The van der Waals surface area contributed by atoms with Crippen molar-refractivity contribution in [2.24, 2.45) is 0 Å². The number of sulfonamides is 1. The van der Waals surface area contributed by atoms with Gasteiger partial charge in [0.25, 0.3) is 0 Å². The Morgan fingerprint density at radius 3 is 2.41 bits per heavy atom. The molecule has 0 aliphatic carbocycles. The molecule has 27 heavy (non-hydrogen) atoms. The second kappa shape index (κ2) is 10.1. The maximum Gasteiger partial charge on any atom is 0.235 e. The fraction of sp³-hybridized carbons (Fsp3) is 0.350. The van der Waals surface area contributed by atoms with Crippen molar-refractivity contribution in [3.05, 3.63) is 65.7 Å². The molecule has 1 amide bonds. The molecule has 2 rings (SSSR count). The maximum absolute atomic E-state index is 12.2. The van der Waals surface area contributed by atoms with Crippen LogP contribution in [0.2, 0.25) is 0 Å². The van der Waals surface area contributed by atoms with Crippen molar-refractivity contribution >= 4 is 15.9 Å². The minimum Gasteiger partial charge on any atom is -0.497 e. The predicted molar refractivity (Wildman–Crippen MR) is 106 cm³/mol. The van der Waals surface area contributed by atoms with Crippen molar-refractivity contribution in [1.82, 2.24) is 9.62 Å². The Bertz CT molecular complexity index is 838. The Hall–Kier alpha value is -2.38. The van der Waals surface area contributed by atoms with Crippen molar-refractivity contribution in [2.75, 3.05) is 33.0 Å². The van der Waals surface area contributed by atoms with Gasteiger partial charge in [-0.1, -0.05) is 42.5 Å². The Morgan fingerprint density at radius 2 is 1.74 bits per heavy atom. The van der Waals surface area contributed by atoms with Gasteiger partial charge in [0.1, 0.15) is 5.75 Å². The molecule has 2 aromatic rings. The lowest BCUT2D eigenvalue weighted by atomic mass is 10.1. The molecule has 0 radical (unpaired) electrons. The third kappa shape index (κ3) is 7.40. The summed E-state index contributed by atoms with van der Waals surface area (Å²) in [5.74, 6) is 0.416. The van der Waals surface area contributed by atoms with Gasteiger partial charge in [0.05, 0.1) is 19.9 Å².